The summed E-state index contributed by atoms with van der Waals surface area (Å²) in [6, 6.07) is 20.0. The number of rotatable bonds is 5. The van der Waals surface area contributed by atoms with Crippen LogP contribution in [0.5, 0.6) is 0 Å². The molecule has 39 heavy (non-hydrogen) atoms. The van der Waals surface area contributed by atoms with E-state index in [-0.39, 0.29) is 23.4 Å². The van der Waals surface area contributed by atoms with Gasteiger partial charge in [0.1, 0.15) is 6.04 Å². The highest BCUT2D eigenvalue weighted by atomic mass is 79.9. The van der Waals surface area contributed by atoms with Crippen LogP contribution >= 0.6 is 15.9 Å². The highest BCUT2D eigenvalue weighted by Crippen LogP contribution is 2.47. The molecule has 2 amide bonds. The van der Waals surface area contributed by atoms with Gasteiger partial charge < -0.3 is 4.90 Å². The minimum absolute atomic E-state index is 0.172. The molecule has 0 bridgehead atoms. The molecule has 0 spiro atoms. The number of fused-ring (bicyclic) bond motifs is 3. The summed E-state index contributed by atoms with van der Waals surface area (Å²) in [5.41, 5.74) is 3.78. The maximum absolute atomic E-state index is 14.0. The van der Waals surface area contributed by atoms with Crippen molar-refractivity contribution in [1.82, 2.24) is 4.90 Å². The molecule has 3 aromatic carbocycles. The fraction of sp³-hybridized carbons (Fsp3) is 0.188. The van der Waals surface area contributed by atoms with E-state index in [1.54, 1.807) is 77.8 Å². The van der Waals surface area contributed by atoms with Gasteiger partial charge in [-0.1, -0.05) is 82.2 Å². The second-order valence-corrected chi connectivity index (χ2v) is 11.2. The zero-order valence-electron chi connectivity index (χ0n) is 21.4. The molecule has 0 aliphatic carbocycles. The predicted molar refractivity (Wildman–Crippen MR) is 151 cm³/mol. The molecule has 0 radical (unpaired) electrons. The molecule has 3 heterocycles. The van der Waals surface area contributed by atoms with Crippen LogP contribution in [0.15, 0.2) is 101 Å². The predicted octanol–water partition coefficient (Wildman–Crippen LogP) is 5.44. The first-order chi connectivity index (χ1) is 18.8. The van der Waals surface area contributed by atoms with E-state index < -0.39 is 23.9 Å². The zero-order valence-corrected chi connectivity index (χ0v) is 23.0. The van der Waals surface area contributed by atoms with E-state index in [1.165, 1.54) is 4.90 Å². The Morgan fingerprint density at radius 3 is 2.21 bits per heavy atom. The molecule has 0 saturated carbocycles. The van der Waals surface area contributed by atoms with Gasteiger partial charge in [0, 0.05) is 27.4 Å². The second kappa shape index (κ2) is 9.58. The second-order valence-electron chi connectivity index (χ2n) is 10.2. The van der Waals surface area contributed by atoms with Crippen molar-refractivity contribution in [3.8, 4) is 0 Å². The van der Waals surface area contributed by atoms with Crippen LogP contribution in [0.3, 0.4) is 0 Å². The van der Waals surface area contributed by atoms with Crippen LogP contribution in [0, 0.1) is 25.7 Å². The van der Waals surface area contributed by atoms with Crippen LogP contribution in [0.25, 0.3) is 0 Å². The number of amides is 2. The number of carbonyl (C=O) groups is 4. The Labute approximate surface area is 234 Å². The van der Waals surface area contributed by atoms with Crippen LogP contribution < -0.4 is 4.90 Å². The number of anilines is 1. The van der Waals surface area contributed by atoms with Gasteiger partial charge in [-0.05, 0) is 43.7 Å². The Morgan fingerprint density at radius 2 is 1.51 bits per heavy atom. The average Bonchev–Trinajstić information content (AvgIpc) is 3.40. The molecule has 2 fully saturated rings. The molecule has 4 atom stereocenters. The summed E-state index contributed by atoms with van der Waals surface area (Å²) in [4.78, 5) is 58.3. The van der Waals surface area contributed by atoms with Gasteiger partial charge in [0.25, 0.3) is 0 Å². The average molecular weight is 581 g/mol. The molecule has 7 heteroatoms. The summed E-state index contributed by atoms with van der Waals surface area (Å²) in [6.45, 7) is 3.82. The Bertz CT molecular complexity index is 1590. The number of aryl methyl sites for hydroxylation is 2. The van der Waals surface area contributed by atoms with E-state index in [9.17, 15) is 19.2 Å². The monoisotopic (exact) mass is 580 g/mol. The topological polar surface area (TPSA) is 74.8 Å². The lowest BCUT2D eigenvalue weighted by Crippen LogP contribution is -2.46. The quantitative estimate of drug-likeness (QED) is 0.296. The van der Waals surface area contributed by atoms with Crippen LogP contribution in [0.1, 0.15) is 31.8 Å². The van der Waals surface area contributed by atoms with E-state index in [1.807, 2.05) is 32.0 Å². The van der Waals surface area contributed by atoms with Crippen molar-refractivity contribution in [2.45, 2.75) is 25.9 Å². The number of carbonyl (C=O) groups excluding carboxylic acids is 4. The van der Waals surface area contributed by atoms with Crippen molar-refractivity contribution in [3.05, 3.63) is 123 Å². The summed E-state index contributed by atoms with van der Waals surface area (Å²) < 4.78 is 0.833. The number of halogens is 1. The number of hydrogen-bond acceptors (Lipinski definition) is 5. The maximum Gasteiger partial charge on any atom is 0.240 e. The number of benzene rings is 3. The number of nitrogens with zero attached hydrogens (tertiary/aromatic N) is 2. The summed E-state index contributed by atoms with van der Waals surface area (Å²) >= 11 is 3.40. The first-order valence-electron chi connectivity index (χ1n) is 12.8. The minimum Gasteiger partial charge on any atom is -0.359 e. The van der Waals surface area contributed by atoms with Crippen LogP contribution in [0.4, 0.5) is 5.69 Å². The molecule has 0 aromatic heterocycles. The lowest BCUT2D eigenvalue weighted by Gasteiger charge is -2.33. The highest BCUT2D eigenvalue weighted by molar-refractivity contribution is 9.10. The Morgan fingerprint density at radius 1 is 0.821 bits per heavy atom. The van der Waals surface area contributed by atoms with Gasteiger partial charge >= 0.3 is 0 Å². The van der Waals surface area contributed by atoms with E-state index in [0.717, 1.165) is 15.6 Å². The van der Waals surface area contributed by atoms with Gasteiger partial charge in [0.05, 0.1) is 23.6 Å². The van der Waals surface area contributed by atoms with Crippen LogP contribution in [-0.4, -0.2) is 40.4 Å². The Balaban J connectivity index is 1.44. The number of Topliss-reactive ketones (excluding diaryl/α,β-unsaturated/α-hetero) is 2. The normalized spacial score (nSPS) is 23.5. The van der Waals surface area contributed by atoms with Gasteiger partial charge in [-0.15, -0.1) is 0 Å². The molecular formula is C32H25BrN2O4. The van der Waals surface area contributed by atoms with Crippen LogP contribution in [-0.2, 0) is 9.59 Å². The third kappa shape index (κ3) is 4.08. The first kappa shape index (κ1) is 25.2. The number of ketones is 2. The first-order valence-corrected chi connectivity index (χ1v) is 13.6. The molecule has 6 nitrogen and oxygen atoms in total. The lowest BCUT2D eigenvalue weighted by atomic mass is 9.85. The third-order valence-corrected chi connectivity index (χ3v) is 8.37. The molecule has 6 rings (SSSR count). The summed E-state index contributed by atoms with van der Waals surface area (Å²) in [6.07, 6.45) is 5.12. The van der Waals surface area contributed by atoms with E-state index in [4.69, 9.17) is 0 Å². The van der Waals surface area contributed by atoms with Gasteiger partial charge in [-0.2, -0.15) is 0 Å². The van der Waals surface area contributed by atoms with Crippen molar-refractivity contribution in [2.24, 2.45) is 11.8 Å². The lowest BCUT2D eigenvalue weighted by molar-refractivity contribution is -0.123. The number of imide groups is 1. The van der Waals surface area contributed by atoms with E-state index in [0.29, 0.717) is 22.4 Å². The number of allylic oxidation sites excluding steroid dienone is 2. The van der Waals surface area contributed by atoms with Crippen molar-refractivity contribution in [2.75, 3.05) is 4.90 Å². The molecule has 3 aromatic rings. The molecular weight excluding hydrogens is 556 g/mol. The fourth-order valence-electron chi connectivity index (χ4n) is 6.03. The maximum atomic E-state index is 14.0. The van der Waals surface area contributed by atoms with Gasteiger partial charge in [0.2, 0.25) is 11.8 Å². The van der Waals surface area contributed by atoms with Crippen molar-refractivity contribution >= 4 is 45.0 Å². The third-order valence-electron chi connectivity index (χ3n) is 7.84. The summed E-state index contributed by atoms with van der Waals surface area (Å²) in [5, 5.41) is 0. The Kier molecular flexibility index (Phi) is 6.19. The number of hydrogen-bond donors (Lipinski definition) is 0. The van der Waals surface area contributed by atoms with Gasteiger partial charge in [-0.3, -0.25) is 19.2 Å². The highest BCUT2D eigenvalue weighted by Gasteiger charge is 2.63. The molecule has 2 saturated heterocycles. The van der Waals surface area contributed by atoms with Crippen LogP contribution in [0.2, 0.25) is 0 Å². The standard InChI is InChI=1S/C32H25BrN2O4/c1-18-8-13-24(19(2)16-18)35-31(38)26-25-17-22(29(36)20-6-4-3-5-7-20)14-15-34(25)28(27(26)32(35)39)30(37)21-9-11-23(33)12-10-21/h3-17,25-28H,1-2H3/t25-,26+,27+,28-/m0/s1. The zero-order chi connectivity index (χ0) is 27.4. The largest absolute Gasteiger partial charge is 0.359 e. The van der Waals surface area contributed by atoms with E-state index >= 15 is 0 Å². The molecule has 3 aliphatic rings. The van der Waals surface area contributed by atoms with Crippen molar-refractivity contribution in [1.29, 1.82) is 0 Å². The minimum atomic E-state index is -0.883. The van der Waals surface area contributed by atoms with Crippen molar-refractivity contribution in [3.63, 3.8) is 0 Å². The SMILES string of the molecule is Cc1ccc(N2C(=O)[C@@H]3[C@H](C2=O)[C@@H]2C=C(C(=O)c4ccccc4)C=CN2[C@@H]3C(=O)c2ccc(Br)cc2)c(C)c1. The molecule has 0 N–H and O–H groups in total. The fourth-order valence-corrected chi connectivity index (χ4v) is 6.30. The Hall–Kier alpha value is -4.10. The molecule has 3 aliphatic heterocycles. The summed E-state index contributed by atoms with van der Waals surface area (Å²) in [7, 11) is 0. The molecule has 0 unspecified atom stereocenters. The van der Waals surface area contributed by atoms with Crippen molar-refractivity contribution < 1.29 is 19.2 Å². The molecule has 194 valence electrons. The van der Waals surface area contributed by atoms with Gasteiger partial charge in [-0.25, -0.2) is 4.90 Å². The summed E-state index contributed by atoms with van der Waals surface area (Å²) in [5.74, 6) is -2.83. The smallest absolute Gasteiger partial charge is 0.240 e. The van der Waals surface area contributed by atoms with Gasteiger partial charge in [0.15, 0.2) is 11.6 Å². The van der Waals surface area contributed by atoms with E-state index in [2.05, 4.69) is 15.9 Å².